The monoisotopic (exact) mass is 519 g/mol. The van der Waals surface area contributed by atoms with E-state index in [1.54, 1.807) is 16.8 Å². The van der Waals surface area contributed by atoms with Crippen molar-refractivity contribution in [2.75, 3.05) is 18.0 Å². The van der Waals surface area contributed by atoms with Crippen LogP contribution in [0.1, 0.15) is 57.3 Å². The molecule has 4 N–H and O–H groups in total. The van der Waals surface area contributed by atoms with Crippen molar-refractivity contribution in [2.24, 2.45) is 5.73 Å². The molecular weight excluding hydrogens is 485 g/mol. The van der Waals surface area contributed by atoms with Gasteiger partial charge in [0.1, 0.15) is 16.8 Å². The van der Waals surface area contributed by atoms with E-state index in [1.165, 1.54) is 6.07 Å². The number of ether oxygens (including phenoxy) is 1. The van der Waals surface area contributed by atoms with Gasteiger partial charge < -0.3 is 30.6 Å². The highest BCUT2D eigenvalue weighted by Gasteiger charge is 2.39. The Balaban J connectivity index is 1.49. The summed E-state index contributed by atoms with van der Waals surface area (Å²) in [5, 5.41) is 6.81. The van der Waals surface area contributed by atoms with Crippen molar-refractivity contribution >= 4 is 22.5 Å². The minimum absolute atomic E-state index is 0.0235. The molecule has 0 aliphatic carbocycles. The van der Waals surface area contributed by atoms with E-state index in [1.807, 2.05) is 23.1 Å². The van der Waals surface area contributed by atoms with Gasteiger partial charge in [-0.05, 0) is 65.2 Å². The fraction of sp³-hybridized carbons (Fsp3) is 0.448. The van der Waals surface area contributed by atoms with Gasteiger partial charge in [0, 0.05) is 42.4 Å². The van der Waals surface area contributed by atoms with Crippen molar-refractivity contribution in [3.63, 3.8) is 0 Å². The van der Waals surface area contributed by atoms with Crippen LogP contribution in [0.2, 0.25) is 0 Å². The molecule has 4 heterocycles. The van der Waals surface area contributed by atoms with Crippen LogP contribution < -0.4 is 31.4 Å². The molecule has 0 saturated carbocycles. The Morgan fingerprint density at radius 1 is 1.18 bits per heavy atom. The van der Waals surface area contributed by atoms with Crippen LogP contribution in [-0.2, 0) is 0 Å². The number of nitrogens with two attached hydrogens (primary N) is 1. The number of anilines is 1. The van der Waals surface area contributed by atoms with Gasteiger partial charge >= 0.3 is 0 Å². The number of piperidine rings is 1. The molecule has 2 aromatic carbocycles. The molecule has 3 aromatic rings. The quantitative estimate of drug-likeness (QED) is 0.381. The van der Waals surface area contributed by atoms with E-state index in [-0.39, 0.29) is 39.9 Å². The molecule has 1 unspecified atom stereocenters. The van der Waals surface area contributed by atoms with Gasteiger partial charge in [-0.15, -0.1) is 0 Å². The normalized spacial score (nSPS) is 21.7. The van der Waals surface area contributed by atoms with Crippen molar-refractivity contribution in [1.29, 1.82) is 0 Å². The predicted molar refractivity (Wildman–Crippen MR) is 146 cm³/mol. The van der Waals surface area contributed by atoms with Crippen LogP contribution in [0, 0.1) is 5.82 Å². The number of halogens is 1. The van der Waals surface area contributed by atoms with Crippen LogP contribution in [0.15, 0.2) is 41.3 Å². The van der Waals surface area contributed by atoms with Gasteiger partial charge in [0.15, 0.2) is 17.3 Å². The molecule has 6 rings (SSSR count). The maximum atomic E-state index is 15.7. The Labute approximate surface area is 220 Å². The molecule has 0 radical (unpaired) electrons. The lowest BCUT2D eigenvalue weighted by Gasteiger charge is -2.46. The summed E-state index contributed by atoms with van der Waals surface area (Å²) in [4.78, 5) is 29.2. The summed E-state index contributed by atoms with van der Waals surface area (Å²) in [7, 11) is 0. The van der Waals surface area contributed by atoms with Gasteiger partial charge in [-0.2, -0.15) is 0 Å². The van der Waals surface area contributed by atoms with Crippen LogP contribution in [0.5, 0.6) is 11.5 Å². The summed E-state index contributed by atoms with van der Waals surface area (Å²) >= 11 is 0. The molecule has 3 aliphatic rings. The number of fused-ring (bicyclic) bond motifs is 2. The second-order valence-electron chi connectivity index (χ2n) is 12.2. The number of benzene rings is 2. The summed E-state index contributed by atoms with van der Waals surface area (Å²) in [6, 6.07) is 8.41. The first kappa shape index (κ1) is 24.9. The third kappa shape index (κ3) is 4.14. The largest absolute Gasteiger partial charge is 0.451 e. The number of aromatic nitrogens is 1. The molecule has 1 atom stereocenters. The summed E-state index contributed by atoms with van der Waals surface area (Å²) in [5.74, 6) is -0.226. The topological polar surface area (TPSA) is 102 Å². The Morgan fingerprint density at radius 2 is 1.89 bits per heavy atom. The summed E-state index contributed by atoms with van der Waals surface area (Å²) in [6.07, 6.45) is 3.75. The number of hydrogen-bond donors (Lipinski definition) is 3. The highest BCUT2D eigenvalue weighted by molar-refractivity contribution is 6.01. The van der Waals surface area contributed by atoms with Gasteiger partial charge in [-0.1, -0.05) is 12.1 Å². The van der Waals surface area contributed by atoms with E-state index in [0.29, 0.717) is 35.7 Å². The molecule has 3 aliphatic heterocycles. The van der Waals surface area contributed by atoms with Crippen LogP contribution in [0.25, 0.3) is 16.6 Å². The first-order chi connectivity index (χ1) is 17.9. The summed E-state index contributed by atoms with van der Waals surface area (Å²) in [5.41, 5.74) is 6.65. The number of pyridine rings is 1. The zero-order valence-electron chi connectivity index (χ0n) is 22.2. The van der Waals surface area contributed by atoms with E-state index < -0.39 is 17.2 Å². The molecule has 2 fully saturated rings. The van der Waals surface area contributed by atoms with Crippen molar-refractivity contribution in [2.45, 2.75) is 70.1 Å². The lowest BCUT2D eigenvalue weighted by molar-refractivity contribution is 0.0871. The third-order valence-corrected chi connectivity index (χ3v) is 7.82. The van der Waals surface area contributed by atoms with Gasteiger partial charge in [-0.25, -0.2) is 4.39 Å². The second kappa shape index (κ2) is 8.54. The van der Waals surface area contributed by atoms with E-state index in [4.69, 9.17) is 10.5 Å². The maximum absolute atomic E-state index is 15.7. The minimum atomic E-state index is -0.566. The Morgan fingerprint density at radius 3 is 2.58 bits per heavy atom. The standard InChI is InChI=1S/C29H34FN5O3/c1-28(2)12-17(13-29(3,4)33-28)32-27(37)19-15-35-21-7-5-6-8-22(21)38-26-23(35)18(25(19)36)11-20(30)24(26)34-10-9-16(31)14-34/h5-8,11,15-17,33H,9-10,12-14,31H2,1-4H3,(H,32,37). The van der Waals surface area contributed by atoms with Crippen molar-refractivity contribution < 1.29 is 13.9 Å². The highest BCUT2D eigenvalue weighted by Crippen LogP contribution is 2.47. The summed E-state index contributed by atoms with van der Waals surface area (Å²) < 4.78 is 23.7. The lowest BCUT2D eigenvalue weighted by atomic mass is 9.79. The molecule has 0 spiro atoms. The zero-order chi connectivity index (χ0) is 27.0. The molecule has 8 nitrogen and oxygen atoms in total. The molecule has 1 aromatic heterocycles. The van der Waals surface area contributed by atoms with Crippen LogP contribution >= 0.6 is 0 Å². The van der Waals surface area contributed by atoms with Crippen LogP contribution in [-0.4, -0.2) is 46.7 Å². The van der Waals surface area contributed by atoms with Crippen LogP contribution in [0.4, 0.5) is 10.1 Å². The highest BCUT2D eigenvalue weighted by atomic mass is 19.1. The maximum Gasteiger partial charge on any atom is 0.257 e. The first-order valence-electron chi connectivity index (χ1n) is 13.2. The smallest absolute Gasteiger partial charge is 0.257 e. The molecule has 200 valence electrons. The van der Waals surface area contributed by atoms with E-state index in [9.17, 15) is 9.59 Å². The average molecular weight is 520 g/mol. The van der Waals surface area contributed by atoms with E-state index in [0.717, 1.165) is 19.3 Å². The number of rotatable bonds is 3. The SMILES string of the molecule is CC1(C)CC(NC(=O)c2cn3c4c(c(N5CCC(N)C5)c(F)cc4c2=O)Oc2ccccc2-3)CC(C)(C)N1. The number of nitrogens with zero attached hydrogens (tertiary/aromatic N) is 2. The molecule has 9 heteroatoms. The van der Waals surface area contributed by atoms with E-state index in [2.05, 4.69) is 38.3 Å². The predicted octanol–water partition coefficient (Wildman–Crippen LogP) is 3.81. The van der Waals surface area contributed by atoms with Crippen molar-refractivity contribution in [3.8, 4) is 17.2 Å². The second-order valence-corrected chi connectivity index (χ2v) is 12.2. The minimum Gasteiger partial charge on any atom is -0.451 e. The Hall–Kier alpha value is -3.43. The number of amides is 1. The Kier molecular flexibility index (Phi) is 5.59. The van der Waals surface area contributed by atoms with Crippen molar-refractivity contribution in [1.82, 2.24) is 15.2 Å². The number of carbonyl (C=O) groups excluding carboxylic acids is 1. The fourth-order valence-electron chi connectivity index (χ4n) is 6.69. The molecular formula is C29H34FN5O3. The number of hydrogen-bond acceptors (Lipinski definition) is 6. The van der Waals surface area contributed by atoms with Gasteiger partial charge in [0.2, 0.25) is 5.43 Å². The average Bonchev–Trinajstić information content (AvgIpc) is 3.24. The van der Waals surface area contributed by atoms with Gasteiger partial charge in [0.05, 0.1) is 11.1 Å². The zero-order valence-corrected chi connectivity index (χ0v) is 22.2. The number of carbonyl (C=O) groups is 1. The number of para-hydroxylation sites is 2. The molecule has 0 bridgehead atoms. The van der Waals surface area contributed by atoms with Crippen LogP contribution in [0.3, 0.4) is 0 Å². The van der Waals surface area contributed by atoms with Gasteiger partial charge in [-0.3, -0.25) is 9.59 Å². The first-order valence-corrected chi connectivity index (χ1v) is 13.2. The number of nitrogens with one attached hydrogen (secondary N) is 2. The molecule has 38 heavy (non-hydrogen) atoms. The van der Waals surface area contributed by atoms with E-state index >= 15 is 4.39 Å². The lowest BCUT2D eigenvalue weighted by Crippen LogP contribution is -2.62. The fourth-order valence-corrected chi connectivity index (χ4v) is 6.69. The Bertz CT molecular complexity index is 1510. The third-order valence-electron chi connectivity index (χ3n) is 7.82. The molecule has 2 saturated heterocycles. The summed E-state index contributed by atoms with van der Waals surface area (Å²) in [6.45, 7) is 9.51. The van der Waals surface area contributed by atoms with Gasteiger partial charge in [0.25, 0.3) is 5.91 Å². The molecule has 1 amide bonds. The van der Waals surface area contributed by atoms with Crippen molar-refractivity contribution in [3.05, 3.63) is 58.1 Å².